The van der Waals surface area contributed by atoms with E-state index in [4.69, 9.17) is 5.84 Å². The number of hydrogen-bond acceptors (Lipinski definition) is 5. The van der Waals surface area contributed by atoms with Gasteiger partial charge in [0.15, 0.2) is 0 Å². The molecule has 0 atom stereocenters. The summed E-state index contributed by atoms with van der Waals surface area (Å²) in [5, 5.41) is 8.03. The number of azo groups is 1. The molecule has 0 fully saturated rings. The summed E-state index contributed by atoms with van der Waals surface area (Å²) >= 11 is 0. The Labute approximate surface area is 111 Å². The van der Waals surface area contributed by atoms with Crippen molar-refractivity contribution in [3.8, 4) is 0 Å². The van der Waals surface area contributed by atoms with Crippen molar-refractivity contribution in [1.82, 2.24) is 4.83 Å². The van der Waals surface area contributed by atoms with Crippen molar-refractivity contribution in [3.63, 3.8) is 0 Å². The molecule has 0 unspecified atom stereocenters. The average molecular weight is 276 g/mol. The van der Waals surface area contributed by atoms with Crippen molar-refractivity contribution in [1.29, 1.82) is 0 Å². The highest BCUT2D eigenvalue weighted by Crippen LogP contribution is 2.19. The lowest BCUT2D eigenvalue weighted by Gasteiger charge is -2.01. The highest BCUT2D eigenvalue weighted by molar-refractivity contribution is 7.89. The molecule has 0 aromatic heterocycles. The van der Waals surface area contributed by atoms with Crippen molar-refractivity contribution >= 4 is 21.4 Å². The molecule has 0 spiro atoms. The fourth-order valence-electron chi connectivity index (χ4n) is 1.37. The van der Waals surface area contributed by atoms with Crippen LogP contribution in [0.1, 0.15) is 0 Å². The second kappa shape index (κ2) is 5.70. The summed E-state index contributed by atoms with van der Waals surface area (Å²) in [6.07, 6.45) is 0. The van der Waals surface area contributed by atoms with Gasteiger partial charge in [-0.2, -0.15) is 15.1 Å². The van der Waals surface area contributed by atoms with Gasteiger partial charge in [-0.3, -0.25) is 5.84 Å². The third kappa shape index (κ3) is 3.44. The van der Waals surface area contributed by atoms with Gasteiger partial charge in [0.25, 0.3) is 10.0 Å². The van der Waals surface area contributed by atoms with Gasteiger partial charge in [0, 0.05) is 0 Å². The maximum Gasteiger partial charge on any atom is 0.253 e. The van der Waals surface area contributed by atoms with E-state index in [-0.39, 0.29) is 4.90 Å². The minimum absolute atomic E-state index is 0.0775. The molecule has 0 aliphatic rings. The van der Waals surface area contributed by atoms with Gasteiger partial charge in [0.05, 0.1) is 16.3 Å². The van der Waals surface area contributed by atoms with Crippen LogP contribution in [0.3, 0.4) is 0 Å². The highest BCUT2D eigenvalue weighted by Gasteiger charge is 2.10. The number of benzene rings is 2. The van der Waals surface area contributed by atoms with E-state index >= 15 is 0 Å². The van der Waals surface area contributed by atoms with E-state index in [0.29, 0.717) is 5.69 Å². The zero-order valence-corrected chi connectivity index (χ0v) is 10.7. The number of sulfonamides is 1. The molecule has 2 aromatic carbocycles. The minimum Gasteiger partial charge on any atom is -0.257 e. The molecule has 0 aliphatic heterocycles. The predicted molar refractivity (Wildman–Crippen MR) is 71.6 cm³/mol. The van der Waals surface area contributed by atoms with Crippen LogP contribution in [0, 0.1) is 0 Å². The van der Waals surface area contributed by atoms with Gasteiger partial charge in [0.1, 0.15) is 0 Å². The number of hydrogen-bond donors (Lipinski definition) is 2. The Kier molecular flexibility index (Phi) is 4.00. The zero-order valence-electron chi connectivity index (χ0n) is 9.89. The van der Waals surface area contributed by atoms with Crippen LogP contribution < -0.4 is 10.7 Å². The molecule has 0 saturated carbocycles. The molecule has 0 aliphatic carbocycles. The molecule has 0 saturated heterocycles. The molecule has 0 amide bonds. The van der Waals surface area contributed by atoms with Crippen LogP contribution in [0.2, 0.25) is 0 Å². The van der Waals surface area contributed by atoms with E-state index in [2.05, 4.69) is 10.2 Å². The van der Waals surface area contributed by atoms with E-state index in [9.17, 15) is 8.42 Å². The summed E-state index contributed by atoms with van der Waals surface area (Å²) < 4.78 is 22.8. The molecular weight excluding hydrogens is 264 g/mol. The van der Waals surface area contributed by atoms with E-state index in [1.54, 1.807) is 17.0 Å². The lowest BCUT2D eigenvalue weighted by Crippen LogP contribution is -2.30. The van der Waals surface area contributed by atoms with Crippen molar-refractivity contribution in [2.45, 2.75) is 4.90 Å². The monoisotopic (exact) mass is 276 g/mol. The third-order valence-electron chi connectivity index (χ3n) is 2.34. The lowest BCUT2D eigenvalue weighted by molar-refractivity contribution is 0.584. The summed E-state index contributed by atoms with van der Waals surface area (Å²) in [6.45, 7) is 0. The lowest BCUT2D eigenvalue weighted by atomic mass is 10.3. The minimum atomic E-state index is -3.63. The Balaban J connectivity index is 2.18. The van der Waals surface area contributed by atoms with Crippen LogP contribution in [0.25, 0.3) is 0 Å². The average Bonchev–Trinajstić information content (AvgIpc) is 2.47. The topological polar surface area (TPSA) is 96.9 Å². The first-order valence-corrected chi connectivity index (χ1v) is 6.89. The number of rotatable bonds is 4. The molecule has 3 N–H and O–H groups in total. The first kappa shape index (κ1) is 13.3. The van der Waals surface area contributed by atoms with Gasteiger partial charge >= 0.3 is 0 Å². The molecule has 98 valence electrons. The van der Waals surface area contributed by atoms with Gasteiger partial charge in [-0.05, 0) is 36.4 Å². The van der Waals surface area contributed by atoms with Crippen LogP contribution in [-0.2, 0) is 10.0 Å². The van der Waals surface area contributed by atoms with Gasteiger partial charge in [-0.1, -0.05) is 18.2 Å². The Morgan fingerprint density at radius 2 is 1.37 bits per heavy atom. The summed E-state index contributed by atoms with van der Waals surface area (Å²) in [5.74, 6) is 4.93. The predicted octanol–water partition coefficient (Wildman–Crippen LogP) is 2.25. The van der Waals surface area contributed by atoms with E-state index in [1.807, 2.05) is 30.3 Å². The van der Waals surface area contributed by atoms with Crippen molar-refractivity contribution < 1.29 is 8.42 Å². The SMILES string of the molecule is NNS(=O)(=O)c1ccc(N=Nc2ccccc2)cc1. The summed E-state index contributed by atoms with van der Waals surface area (Å²) in [7, 11) is -3.63. The molecular formula is C12H12N4O2S. The van der Waals surface area contributed by atoms with Gasteiger partial charge in [-0.15, -0.1) is 0 Å². The van der Waals surface area contributed by atoms with E-state index in [1.165, 1.54) is 12.1 Å². The molecule has 2 rings (SSSR count). The Bertz CT molecular complexity index is 667. The number of nitrogens with two attached hydrogens (primary N) is 1. The van der Waals surface area contributed by atoms with Gasteiger partial charge < -0.3 is 0 Å². The molecule has 7 heteroatoms. The number of nitrogens with zero attached hydrogens (tertiary/aromatic N) is 2. The van der Waals surface area contributed by atoms with Crippen LogP contribution in [0.4, 0.5) is 11.4 Å². The Morgan fingerprint density at radius 3 is 1.89 bits per heavy atom. The fourth-order valence-corrected chi connectivity index (χ4v) is 2.00. The molecule has 0 bridgehead atoms. The van der Waals surface area contributed by atoms with Crippen LogP contribution in [0.15, 0.2) is 69.7 Å². The first-order valence-electron chi connectivity index (χ1n) is 5.41. The molecule has 6 nitrogen and oxygen atoms in total. The second-order valence-corrected chi connectivity index (χ2v) is 5.36. The molecule has 2 aromatic rings. The van der Waals surface area contributed by atoms with Crippen LogP contribution >= 0.6 is 0 Å². The maximum absolute atomic E-state index is 11.4. The van der Waals surface area contributed by atoms with Gasteiger partial charge in [-0.25, -0.2) is 8.42 Å². The zero-order chi connectivity index (χ0) is 13.7. The quantitative estimate of drug-likeness (QED) is 0.509. The summed E-state index contributed by atoms with van der Waals surface area (Å²) in [5.41, 5.74) is 1.28. The van der Waals surface area contributed by atoms with Crippen LogP contribution in [-0.4, -0.2) is 8.42 Å². The normalized spacial score (nSPS) is 11.8. The smallest absolute Gasteiger partial charge is 0.253 e. The Hall–Kier alpha value is -2.09. The van der Waals surface area contributed by atoms with Crippen molar-refractivity contribution in [2.24, 2.45) is 16.1 Å². The molecule has 19 heavy (non-hydrogen) atoms. The van der Waals surface area contributed by atoms with E-state index in [0.717, 1.165) is 5.69 Å². The summed E-state index contributed by atoms with van der Waals surface area (Å²) in [6, 6.07) is 15.2. The largest absolute Gasteiger partial charge is 0.257 e. The van der Waals surface area contributed by atoms with Crippen LogP contribution in [0.5, 0.6) is 0 Å². The molecule has 0 radical (unpaired) electrons. The van der Waals surface area contributed by atoms with Crippen molar-refractivity contribution in [3.05, 3.63) is 54.6 Å². The number of hydrazine groups is 1. The molecule has 0 heterocycles. The third-order valence-corrected chi connectivity index (χ3v) is 3.54. The second-order valence-electron chi connectivity index (χ2n) is 3.65. The van der Waals surface area contributed by atoms with E-state index < -0.39 is 10.0 Å². The fraction of sp³-hybridized carbons (Fsp3) is 0. The standard InChI is InChI=1S/C12H12N4O2S/c13-16-19(17,18)12-8-6-11(7-9-12)15-14-10-4-2-1-3-5-10/h1-9,16H,13H2. The van der Waals surface area contributed by atoms with Crippen molar-refractivity contribution in [2.75, 3.05) is 0 Å². The number of nitrogens with one attached hydrogen (secondary N) is 1. The van der Waals surface area contributed by atoms with Gasteiger partial charge in [0.2, 0.25) is 0 Å². The first-order chi connectivity index (χ1) is 9.12. The summed E-state index contributed by atoms with van der Waals surface area (Å²) in [4.78, 5) is 1.83. The Morgan fingerprint density at radius 1 is 0.842 bits per heavy atom. The highest BCUT2D eigenvalue weighted by atomic mass is 32.2. The maximum atomic E-state index is 11.4.